The van der Waals surface area contributed by atoms with E-state index >= 15 is 0 Å². The zero-order valence-electron chi connectivity index (χ0n) is 22.6. The fourth-order valence-electron chi connectivity index (χ4n) is 4.40. The zero-order valence-corrected chi connectivity index (χ0v) is 22.6. The summed E-state index contributed by atoms with van der Waals surface area (Å²) < 4.78 is 13.9. The van der Waals surface area contributed by atoms with E-state index < -0.39 is 5.82 Å². The molecule has 38 heavy (non-hydrogen) atoms. The highest BCUT2D eigenvalue weighted by molar-refractivity contribution is 6.21. The molecule has 0 atom stereocenters. The van der Waals surface area contributed by atoms with Gasteiger partial charge in [-0.25, -0.2) is 9.38 Å². The van der Waals surface area contributed by atoms with E-state index in [2.05, 4.69) is 15.2 Å². The molecule has 198 valence electrons. The molecule has 0 spiro atoms. The topological polar surface area (TPSA) is 80.7 Å². The number of hydrogen-bond acceptors (Lipinski definition) is 4. The van der Waals surface area contributed by atoms with Crippen LogP contribution in [0.25, 0.3) is 10.9 Å². The van der Waals surface area contributed by atoms with E-state index in [1.165, 1.54) is 12.1 Å². The first-order valence-corrected chi connectivity index (χ1v) is 12.7. The number of halogens is 1. The van der Waals surface area contributed by atoms with Crippen LogP contribution >= 0.6 is 0 Å². The van der Waals surface area contributed by atoms with Crippen LogP contribution in [0.15, 0.2) is 71.7 Å². The van der Waals surface area contributed by atoms with Crippen molar-refractivity contribution in [3.8, 4) is 5.88 Å². The largest absolute Gasteiger partial charge is 0.494 e. The van der Waals surface area contributed by atoms with Crippen molar-refractivity contribution in [2.75, 3.05) is 14.1 Å². The van der Waals surface area contributed by atoms with Crippen LogP contribution in [0.4, 0.5) is 10.1 Å². The lowest BCUT2D eigenvalue weighted by Gasteiger charge is -2.17. The molecule has 0 aliphatic rings. The van der Waals surface area contributed by atoms with Crippen LogP contribution in [-0.2, 0) is 17.9 Å². The Hall–Kier alpha value is -3.97. The Bertz CT molecular complexity index is 1460. The molecule has 4 rings (SSSR count). The smallest absolute Gasteiger partial charge is 0.220 e. The lowest BCUT2D eigenvalue weighted by Crippen LogP contribution is -2.27. The molecule has 3 N–H and O–H groups in total. The number of carbonyl (C=O) groups excluding carboxylic acids is 1. The number of nitrogens with zero attached hydrogens (tertiary/aromatic N) is 2. The van der Waals surface area contributed by atoms with Crippen LogP contribution in [0.1, 0.15) is 49.4 Å². The Morgan fingerprint density at radius 1 is 1.03 bits per heavy atom. The highest BCUT2D eigenvalue weighted by Crippen LogP contribution is 2.32. The van der Waals surface area contributed by atoms with Crippen molar-refractivity contribution in [1.29, 1.82) is 0 Å². The number of aromatic nitrogens is 1. The molecule has 3 aromatic carbocycles. The van der Waals surface area contributed by atoms with Gasteiger partial charge in [0.1, 0.15) is 5.82 Å². The molecule has 0 bridgehead atoms. The molecular formula is C31H35FN4O2. The van der Waals surface area contributed by atoms with Gasteiger partial charge >= 0.3 is 0 Å². The van der Waals surface area contributed by atoms with Gasteiger partial charge in [0, 0.05) is 30.5 Å². The predicted molar refractivity (Wildman–Crippen MR) is 151 cm³/mol. The third-order valence-electron chi connectivity index (χ3n) is 6.03. The Morgan fingerprint density at radius 2 is 1.76 bits per heavy atom. The van der Waals surface area contributed by atoms with Crippen molar-refractivity contribution in [3.63, 3.8) is 0 Å². The molecule has 0 aliphatic carbocycles. The summed E-state index contributed by atoms with van der Waals surface area (Å²) in [4.78, 5) is 22.3. The Morgan fingerprint density at radius 3 is 2.45 bits per heavy atom. The first-order valence-electron chi connectivity index (χ1n) is 12.7. The summed E-state index contributed by atoms with van der Waals surface area (Å²) in [5.41, 5.74) is 4.98. The van der Waals surface area contributed by atoms with Gasteiger partial charge in [-0.15, -0.1) is 0 Å². The SMILES string of the molecule is CN(C)Cc1ccc(N=C(c2cccc(CNC(=O)CC(C)(C)C)c2)c2c(O)[nH]c3cc(F)ccc23)cc1. The first kappa shape index (κ1) is 27.1. The lowest BCUT2D eigenvalue weighted by atomic mass is 9.92. The van der Waals surface area contributed by atoms with Crippen molar-refractivity contribution in [2.24, 2.45) is 10.4 Å². The minimum Gasteiger partial charge on any atom is -0.494 e. The van der Waals surface area contributed by atoms with Crippen molar-refractivity contribution in [1.82, 2.24) is 15.2 Å². The van der Waals surface area contributed by atoms with Gasteiger partial charge in [-0.05, 0) is 67.0 Å². The van der Waals surface area contributed by atoms with Crippen LogP contribution in [0, 0.1) is 11.2 Å². The normalized spacial score (nSPS) is 12.3. The maximum absolute atomic E-state index is 13.9. The molecule has 6 nitrogen and oxygen atoms in total. The van der Waals surface area contributed by atoms with E-state index in [1.54, 1.807) is 6.07 Å². The molecule has 1 amide bonds. The number of nitrogens with one attached hydrogen (secondary N) is 2. The van der Waals surface area contributed by atoms with Gasteiger partial charge in [0.2, 0.25) is 5.91 Å². The molecule has 0 saturated heterocycles. The second-order valence-electron chi connectivity index (χ2n) is 11.1. The molecule has 4 aromatic rings. The average Bonchev–Trinajstić information content (AvgIpc) is 3.15. The molecular weight excluding hydrogens is 479 g/mol. The monoisotopic (exact) mass is 514 g/mol. The zero-order chi connectivity index (χ0) is 27.4. The number of H-pyrrole nitrogens is 1. The van der Waals surface area contributed by atoms with Crippen LogP contribution in [0.2, 0.25) is 0 Å². The van der Waals surface area contributed by atoms with Gasteiger partial charge < -0.3 is 20.3 Å². The van der Waals surface area contributed by atoms with E-state index in [9.17, 15) is 14.3 Å². The molecule has 0 aliphatic heterocycles. The summed E-state index contributed by atoms with van der Waals surface area (Å²) in [6.45, 7) is 7.28. The van der Waals surface area contributed by atoms with Gasteiger partial charge in [-0.2, -0.15) is 0 Å². The number of aliphatic imine (C=N–C) groups is 1. The van der Waals surface area contributed by atoms with Crippen LogP contribution in [-0.4, -0.2) is 40.7 Å². The second kappa shape index (κ2) is 11.2. The quantitative estimate of drug-likeness (QED) is 0.242. The summed E-state index contributed by atoms with van der Waals surface area (Å²) in [5, 5.41) is 14.6. The van der Waals surface area contributed by atoms with Gasteiger partial charge in [0.05, 0.1) is 22.5 Å². The van der Waals surface area contributed by atoms with E-state index in [0.29, 0.717) is 35.1 Å². The van der Waals surface area contributed by atoms with E-state index in [4.69, 9.17) is 4.99 Å². The Balaban J connectivity index is 1.75. The Labute approximate surface area is 223 Å². The van der Waals surface area contributed by atoms with Crippen molar-refractivity contribution < 1.29 is 14.3 Å². The fraction of sp³-hybridized carbons (Fsp3) is 0.290. The fourth-order valence-corrected chi connectivity index (χ4v) is 4.40. The summed E-state index contributed by atoms with van der Waals surface area (Å²) in [6.07, 6.45) is 0.434. The molecule has 0 unspecified atom stereocenters. The van der Waals surface area contributed by atoms with Crippen LogP contribution < -0.4 is 5.32 Å². The first-order chi connectivity index (χ1) is 18.0. The predicted octanol–water partition coefficient (Wildman–Crippen LogP) is 6.30. The number of benzene rings is 3. The van der Waals surface area contributed by atoms with E-state index in [0.717, 1.165) is 28.9 Å². The number of rotatable bonds is 8. The number of carbonyl (C=O) groups is 1. The second-order valence-corrected chi connectivity index (χ2v) is 11.1. The van der Waals surface area contributed by atoms with Gasteiger partial charge in [-0.3, -0.25) is 4.79 Å². The minimum atomic E-state index is -0.395. The standard InChI is InChI=1S/C31H35FN4O2/c1-31(2,3)17-27(37)33-18-21-7-6-8-22(15-21)29(34-24-12-9-20(10-13-24)19-36(4)5)28-25-14-11-23(32)16-26(25)35-30(28)38/h6-16,35,38H,17-19H2,1-5H3,(H,33,37). The average molecular weight is 515 g/mol. The minimum absolute atomic E-state index is 0.00842. The van der Waals surface area contributed by atoms with Gasteiger partial charge in [0.15, 0.2) is 5.88 Å². The number of hydrogen-bond donors (Lipinski definition) is 3. The number of aromatic hydroxyl groups is 1. The van der Waals surface area contributed by atoms with Crippen LogP contribution in [0.3, 0.4) is 0 Å². The molecule has 1 heterocycles. The summed E-state index contributed by atoms with van der Waals surface area (Å²) in [6, 6.07) is 20.0. The number of amides is 1. The molecule has 7 heteroatoms. The molecule has 0 saturated carbocycles. The summed E-state index contributed by atoms with van der Waals surface area (Å²) >= 11 is 0. The van der Waals surface area contributed by atoms with E-state index in [-0.39, 0.29) is 17.2 Å². The van der Waals surface area contributed by atoms with Crippen molar-refractivity contribution in [3.05, 3.63) is 94.8 Å². The highest BCUT2D eigenvalue weighted by atomic mass is 19.1. The molecule has 0 radical (unpaired) electrons. The Kier molecular flexibility index (Phi) is 7.97. The number of aromatic amines is 1. The van der Waals surface area contributed by atoms with Gasteiger partial charge in [0.25, 0.3) is 0 Å². The van der Waals surface area contributed by atoms with E-state index in [1.807, 2.05) is 83.4 Å². The lowest BCUT2D eigenvalue weighted by molar-refractivity contribution is -0.122. The van der Waals surface area contributed by atoms with Crippen molar-refractivity contribution in [2.45, 2.75) is 40.3 Å². The maximum Gasteiger partial charge on any atom is 0.220 e. The number of fused-ring (bicyclic) bond motifs is 1. The third-order valence-corrected chi connectivity index (χ3v) is 6.03. The summed E-state index contributed by atoms with van der Waals surface area (Å²) in [7, 11) is 4.04. The molecule has 1 aromatic heterocycles. The van der Waals surface area contributed by atoms with Gasteiger partial charge in [-0.1, -0.05) is 51.1 Å². The van der Waals surface area contributed by atoms with Crippen LogP contribution in [0.5, 0.6) is 5.88 Å². The maximum atomic E-state index is 13.9. The molecule has 0 fully saturated rings. The highest BCUT2D eigenvalue weighted by Gasteiger charge is 2.20. The van der Waals surface area contributed by atoms with Crippen molar-refractivity contribution >= 4 is 28.2 Å². The third kappa shape index (κ3) is 6.86. The summed E-state index contributed by atoms with van der Waals surface area (Å²) in [5.74, 6) is -0.489.